The van der Waals surface area contributed by atoms with Crippen LogP contribution >= 0.6 is 0 Å². The molecule has 0 rings (SSSR count). The third-order valence-corrected chi connectivity index (χ3v) is 2.08. The lowest BCUT2D eigenvalue weighted by atomic mass is 10.2. The Morgan fingerprint density at radius 3 is 2.11 bits per heavy atom. The van der Waals surface area contributed by atoms with E-state index in [9.17, 15) is 9.59 Å². The highest BCUT2D eigenvalue weighted by atomic mass is 16.7. The molecule has 0 amide bonds. The van der Waals surface area contributed by atoms with Crippen molar-refractivity contribution in [1.29, 1.82) is 0 Å². The van der Waals surface area contributed by atoms with Crippen molar-refractivity contribution in [2.75, 3.05) is 20.8 Å². The molecule has 0 N–H and O–H groups in total. The molecule has 0 aliphatic rings. The number of hydrogen-bond acceptors (Lipinski definition) is 6. The topological polar surface area (TPSA) is 71.1 Å². The number of carbonyl (C=O) groups is 2. The van der Waals surface area contributed by atoms with Crippen molar-refractivity contribution in [2.24, 2.45) is 0 Å². The largest absolute Gasteiger partial charge is 0.462 e. The molecule has 0 radical (unpaired) electrons. The SMILES string of the molecule is C=C(C)C(=O)OC(COC(C)=O)CC(OC)OC. The molecule has 1 atom stereocenters. The normalized spacial score (nSPS) is 12.1. The van der Waals surface area contributed by atoms with E-state index in [4.69, 9.17) is 18.9 Å². The lowest BCUT2D eigenvalue weighted by Crippen LogP contribution is -2.30. The van der Waals surface area contributed by atoms with Crippen molar-refractivity contribution in [3.63, 3.8) is 0 Å². The molecule has 1 unspecified atom stereocenters. The van der Waals surface area contributed by atoms with Crippen LogP contribution in [0, 0.1) is 0 Å². The van der Waals surface area contributed by atoms with E-state index in [0.29, 0.717) is 0 Å². The van der Waals surface area contributed by atoms with Gasteiger partial charge in [-0.25, -0.2) is 4.79 Å². The van der Waals surface area contributed by atoms with Crippen LogP contribution in [0.3, 0.4) is 0 Å². The highest BCUT2D eigenvalue weighted by molar-refractivity contribution is 5.87. The lowest BCUT2D eigenvalue weighted by Gasteiger charge is -2.21. The number of carbonyl (C=O) groups excluding carboxylic acids is 2. The molecule has 0 fully saturated rings. The van der Waals surface area contributed by atoms with Gasteiger partial charge >= 0.3 is 11.9 Å². The molecule has 0 heterocycles. The summed E-state index contributed by atoms with van der Waals surface area (Å²) >= 11 is 0. The van der Waals surface area contributed by atoms with Crippen LogP contribution in [0.25, 0.3) is 0 Å². The number of esters is 2. The van der Waals surface area contributed by atoms with Crippen molar-refractivity contribution in [3.05, 3.63) is 12.2 Å². The molecule has 0 aromatic carbocycles. The van der Waals surface area contributed by atoms with E-state index in [1.807, 2.05) is 0 Å². The van der Waals surface area contributed by atoms with Crippen molar-refractivity contribution in [2.45, 2.75) is 32.7 Å². The van der Waals surface area contributed by atoms with E-state index in [-0.39, 0.29) is 18.6 Å². The molecule has 18 heavy (non-hydrogen) atoms. The zero-order valence-corrected chi connectivity index (χ0v) is 11.2. The molecule has 0 spiro atoms. The number of hydrogen-bond donors (Lipinski definition) is 0. The molecule has 0 aliphatic carbocycles. The van der Waals surface area contributed by atoms with Crippen LogP contribution in [0.1, 0.15) is 20.3 Å². The third kappa shape index (κ3) is 7.03. The van der Waals surface area contributed by atoms with Gasteiger partial charge in [-0.05, 0) is 6.92 Å². The molecular weight excluding hydrogens is 240 g/mol. The monoisotopic (exact) mass is 260 g/mol. The molecule has 6 nitrogen and oxygen atoms in total. The molecular formula is C12H20O6. The third-order valence-electron chi connectivity index (χ3n) is 2.08. The summed E-state index contributed by atoms with van der Waals surface area (Å²) in [5.74, 6) is -0.990. The van der Waals surface area contributed by atoms with Gasteiger partial charge in [-0.15, -0.1) is 0 Å². The molecule has 0 aromatic heterocycles. The van der Waals surface area contributed by atoms with Gasteiger partial charge in [0.25, 0.3) is 0 Å². The molecule has 0 aliphatic heterocycles. The molecule has 0 saturated heterocycles. The van der Waals surface area contributed by atoms with Gasteiger partial charge in [-0.2, -0.15) is 0 Å². The van der Waals surface area contributed by atoms with E-state index >= 15 is 0 Å². The van der Waals surface area contributed by atoms with E-state index in [1.54, 1.807) is 0 Å². The minimum Gasteiger partial charge on any atom is -0.462 e. The minimum absolute atomic E-state index is 0.0441. The van der Waals surface area contributed by atoms with E-state index in [1.165, 1.54) is 28.1 Å². The second-order valence-electron chi connectivity index (χ2n) is 3.75. The fourth-order valence-corrected chi connectivity index (χ4v) is 1.12. The van der Waals surface area contributed by atoms with Crippen LogP contribution in [0.15, 0.2) is 12.2 Å². The van der Waals surface area contributed by atoms with Gasteiger partial charge in [0.2, 0.25) is 0 Å². The number of rotatable bonds is 8. The second-order valence-corrected chi connectivity index (χ2v) is 3.75. The van der Waals surface area contributed by atoms with E-state index in [2.05, 4.69) is 6.58 Å². The average Bonchev–Trinajstić information content (AvgIpc) is 2.31. The van der Waals surface area contributed by atoms with Crippen molar-refractivity contribution in [3.8, 4) is 0 Å². The lowest BCUT2D eigenvalue weighted by molar-refractivity contribution is -0.166. The van der Waals surface area contributed by atoms with Gasteiger partial charge in [-0.3, -0.25) is 4.79 Å². The van der Waals surface area contributed by atoms with Gasteiger partial charge < -0.3 is 18.9 Å². The molecule has 0 saturated carbocycles. The smallest absolute Gasteiger partial charge is 0.333 e. The highest BCUT2D eigenvalue weighted by Crippen LogP contribution is 2.10. The molecule has 0 bridgehead atoms. The summed E-state index contributed by atoms with van der Waals surface area (Å²) in [6.07, 6.45) is -0.911. The Hall–Kier alpha value is -1.40. The van der Waals surface area contributed by atoms with Crippen molar-refractivity contribution >= 4 is 11.9 Å². The summed E-state index contributed by atoms with van der Waals surface area (Å²) in [5.41, 5.74) is 0.272. The van der Waals surface area contributed by atoms with Gasteiger partial charge in [-0.1, -0.05) is 6.58 Å². The van der Waals surface area contributed by atoms with Crippen molar-refractivity contribution < 1.29 is 28.5 Å². The quantitative estimate of drug-likeness (QED) is 0.369. The molecule has 6 heteroatoms. The van der Waals surface area contributed by atoms with Crippen LogP contribution in [0.5, 0.6) is 0 Å². The Bertz CT molecular complexity index is 295. The Kier molecular flexibility index (Phi) is 7.98. The van der Waals surface area contributed by atoms with Crippen LogP contribution in [0.4, 0.5) is 0 Å². The van der Waals surface area contributed by atoms with Crippen LogP contribution in [0.2, 0.25) is 0 Å². The first-order valence-corrected chi connectivity index (χ1v) is 5.46. The Morgan fingerprint density at radius 2 is 1.72 bits per heavy atom. The van der Waals surface area contributed by atoms with Crippen LogP contribution < -0.4 is 0 Å². The Balaban J connectivity index is 4.45. The summed E-state index contributed by atoms with van der Waals surface area (Å²) in [6.45, 7) is 6.25. The maximum Gasteiger partial charge on any atom is 0.333 e. The Labute approximate surface area is 107 Å². The van der Waals surface area contributed by atoms with Gasteiger partial charge in [0.15, 0.2) is 6.29 Å². The summed E-state index contributed by atoms with van der Waals surface area (Å²) in [4.78, 5) is 22.2. The van der Waals surface area contributed by atoms with E-state index in [0.717, 1.165) is 0 Å². The molecule has 0 aromatic rings. The fraction of sp³-hybridized carbons (Fsp3) is 0.667. The maximum atomic E-state index is 11.4. The summed E-state index contributed by atoms with van der Waals surface area (Å²) < 4.78 is 19.9. The highest BCUT2D eigenvalue weighted by Gasteiger charge is 2.21. The fourth-order valence-electron chi connectivity index (χ4n) is 1.12. The van der Waals surface area contributed by atoms with Gasteiger partial charge in [0.1, 0.15) is 12.7 Å². The summed E-state index contributed by atoms with van der Waals surface area (Å²) in [6, 6.07) is 0. The maximum absolute atomic E-state index is 11.4. The van der Waals surface area contributed by atoms with Crippen molar-refractivity contribution in [1.82, 2.24) is 0 Å². The summed E-state index contributed by atoms with van der Waals surface area (Å²) in [7, 11) is 2.94. The minimum atomic E-state index is -0.636. The van der Waals surface area contributed by atoms with Gasteiger partial charge in [0, 0.05) is 33.1 Å². The standard InChI is InChI=1S/C12H20O6/c1-8(2)12(14)18-10(7-17-9(3)13)6-11(15-4)16-5/h10-11H,1,6-7H2,2-5H3. The zero-order chi connectivity index (χ0) is 14.1. The van der Waals surface area contributed by atoms with Crippen LogP contribution in [-0.2, 0) is 28.5 Å². The Morgan fingerprint density at radius 1 is 1.17 bits per heavy atom. The predicted molar refractivity (Wildman–Crippen MR) is 63.8 cm³/mol. The van der Waals surface area contributed by atoms with Crippen LogP contribution in [-0.4, -0.2) is 45.2 Å². The zero-order valence-electron chi connectivity index (χ0n) is 11.2. The second kappa shape index (κ2) is 8.66. The predicted octanol–water partition coefficient (Wildman–Crippen LogP) is 1.05. The number of ether oxygens (including phenoxy) is 4. The molecule has 104 valence electrons. The van der Waals surface area contributed by atoms with E-state index < -0.39 is 24.3 Å². The number of methoxy groups -OCH3 is 2. The first-order chi connectivity index (χ1) is 8.40. The first-order valence-electron chi connectivity index (χ1n) is 5.46. The average molecular weight is 260 g/mol. The first kappa shape index (κ1) is 16.6. The summed E-state index contributed by atoms with van der Waals surface area (Å²) in [5, 5.41) is 0. The van der Waals surface area contributed by atoms with Gasteiger partial charge in [0.05, 0.1) is 0 Å².